The van der Waals surface area contributed by atoms with E-state index in [0.29, 0.717) is 6.54 Å². The van der Waals surface area contributed by atoms with Crippen LogP contribution >= 0.6 is 15.9 Å². The molecule has 0 amide bonds. The largest absolute Gasteiger partial charge is 0.497 e. The van der Waals surface area contributed by atoms with Crippen LogP contribution in [-0.2, 0) is 13.1 Å². The SMILES string of the molecule is COc1ccc(Br)c(CNCc2ccc(F)cc2)c1. The van der Waals surface area contributed by atoms with Crippen LogP contribution in [0.15, 0.2) is 46.9 Å². The molecule has 19 heavy (non-hydrogen) atoms. The number of methoxy groups -OCH3 is 1. The van der Waals surface area contributed by atoms with Crippen molar-refractivity contribution in [2.24, 2.45) is 0 Å². The normalized spacial score (nSPS) is 10.5. The third kappa shape index (κ3) is 4.04. The van der Waals surface area contributed by atoms with E-state index in [0.717, 1.165) is 27.9 Å². The van der Waals surface area contributed by atoms with Gasteiger partial charge in [-0.3, -0.25) is 0 Å². The highest BCUT2D eigenvalue weighted by Gasteiger charge is 2.02. The van der Waals surface area contributed by atoms with E-state index in [1.54, 1.807) is 19.2 Å². The van der Waals surface area contributed by atoms with E-state index in [9.17, 15) is 4.39 Å². The van der Waals surface area contributed by atoms with E-state index in [2.05, 4.69) is 21.2 Å². The maximum absolute atomic E-state index is 12.8. The molecule has 100 valence electrons. The first kappa shape index (κ1) is 14.0. The molecular formula is C15H15BrFNO. The summed E-state index contributed by atoms with van der Waals surface area (Å²) in [6.45, 7) is 1.42. The lowest BCUT2D eigenvalue weighted by Gasteiger charge is -2.09. The Bertz CT molecular complexity index is 542. The first-order chi connectivity index (χ1) is 9.19. The highest BCUT2D eigenvalue weighted by Crippen LogP contribution is 2.22. The predicted octanol–water partition coefficient (Wildman–Crippen LogP) is 3.89. The molecule has 0 aromatic heterocycles. The summed E-state index contributed by atoms with van der Waals surface area (Å²) in [6.07, 6.45) is 0. The molecule has 0 aliphatic carbocycles. The first-order valence-electron chi connectivity index (χ1n) is 5.96. The van der Waals surface area contributed by atoms with Crippen LogP contribution in [0.25, 0.3) is 0 Å². The molecule has 2 rings (SSSR count). The van der Waals surface area contributed by atoms with Crippen molar-refractivity contribution in [2.75, 3.05) is 7.11 Å². The van der Waals surface area contributed by atoms with Crippen LogP contribution in [0.1, 0.15) is 11.1 Å². The third-order valence-electron chi connectivity index (χ3n) is 2.81. The molecule has 0 saturated carbocycles. The zero-order chi connectivity index (χ0) is 13.7. The number of halogens is 2. The van der Waals surface area contributed by atoms with Gasteiger partial charge in [-0.25, -0.2) is 4.39 Å². The number of benzene rings is 2. The fourth-order valence-electron chi connectivity index (χ4n) is 1.76. The Balaban J connectivity index is 1.93. The summed E-state index contributed by atoms with van der Waals surface area (Å²) in [4.78, 5) is 0. The molecule has 4 heteroatoms. The fraction of sp³-hybridized carbons (Fsp3) is 0.200. The smallest absolute Gasteiger partial charge is 0.123 e. The van der Waals surface area contributed by atoms with Crippen LogP contribution < -0.4 is 10.1 Å². The zero-order valence-corrected chi connectivity index (χ0v) is 12.2. The fourth-order valence-corrected chi connectivity index (χ4v) is 2.14. The molecule has 0 unspecified atom stereocenters. The van der Waals surface area contributed by atoms with Gasteiger partial charge in [0, 0.05) is 17.6 Å². The van der Waals surface area contributed by atoms with E-state index in [1.807, 2.05) is 18.2 Å². The molecule has 1 N–H and O–H groups in total. The molecule has 0 aliphatic rings. The minimum Gasteiger partial charge on any atom is -0.497 e. The number of hydrogen-bond donors (Lipinski definition) is 1. The van der Waals surface area contributed by atoms with Crippen LogP contribution in [0, 0.1) is 5.82 Å². The van der Waals surface area contributed by atoms with E-state index in [1.165, 1.54) is 12.1 Å². The van der Waals surface area contributed by atoms with Crippen molar-refractivity contribution < 1.29 is 9.13 Å². The van der Waals surface area contributed by atoms with Gasteiger partial charge in [0.25, 0.3) is 0 Å². The predicted molar refractivity (Wildman–Crippen MR) is 77.6 cm³/mol. The second kappa shape index (κ2) is 6.68. The molecule has 2 nitrogen and oxygen atoms in total. The van der Waals surface area contributed by atoms with E-state index < -0.39 is 0 Å². The summed E-state index contributed by atoms with van der Waals surface area (Å²) in [5.41, 5.74) is 2.18. The van der Waals surface area contributed by atoms with Crippen LogP contribution in [0.2, 0.25) is 0 Å². The van der Waals surface area contributed by atoms with Gasteiger partial charge in [-0.15, -0.1) is 0 Å². The minimum atomic E-state index is -0.209. The monoisotopic (exact) mass is 323 g/mol. The number of rotatable bonds is 5. The average Bonchev–Trinajstić information content (AvgIpc) is 2.43. The summed E-state index contributed by atoms with van der Waals surface area (Å²) in [6, 6.07) is 12.4. The van der Waals surface area contributed by atoms with Crippen molar-refractivity contribution in [2.45, 2.75) is 13.1 Å². The Morgan fingerprint density at radius 1 is 1.11 bits per heavy atom. The summed E-state index contributed by atoms with van der Waals surface area (Å²) >= 11 is 3.51. The molecule has 0 fully saturated rings. The van der Waals surface area contributed by atoms with Crippen molar-refractivity contribution in [3.63, 3.8) is 0 Å². The Morgan fingerprint density at radius 3 is 2.53 bits per heavy atom. The molecule has 0 heterocycles. The maximum atomic E-state index is 12.8. The Morgan fingerprint density at radius 2 is 1.84 bits per heavy atom. The van der Waals surface area contributed by atoms with Crippen LogP contribution in [0.5, 0.6) is 5.75 Å². The second-order valence-corrected chi connectivity index (χ2v) is 5.04. The maximum Gasteiger partial charge on any atom is 0.123 e. The lowest BCUT2D eigenvalue weighted by molar-refractivity contribution is 0.414. The first-order valence-corrected chi connectivity index (χ1v) is 6.76. The molecule has 2 aromatic carbocycles. The van der Waals surface area contributed by atoms with Crippen molar-refractivity contribution in [3.8, 4) is 5.75 Å². The topological polar surface area (TPSA) is 21.3 Å². The average molecular weight is 324 g/mol. The van der Waals surface area contributed by atoms with Crippen LogP contribution in [0.4, 0.5) is 4.39 Å². The van der Waals surface area contributed by atoms with Crippen molar-refractivity contribution in [3.05, 3.63) is 63.9 Å². The molecule has 0 saturated heterocycles. The van der Waals surface area contributed by atoms with Crippen LogP contribution in [0.3, 0.4) is 0 Å². The van der Waals surface area contributed by atoms with Crippen molar-refractivity contribution in [1.82, 2.24) is 5.32 Å². The zero-order valence-electron chi connectivity index (χ0n) is 10.6. The Hall–Kier alpha value is -1.39. The third-order valence-corrected chi connectivity index (χ3v) is 3.58. The van der Waals surface area contributed by atoms with Gasteiger partial charge < -0.3 is 10.1 Å². The van der Waals surface area contributed by atoms with E-state index >= 15 is 0 Å². The second-order valence-electron chi connectivity index (χ2n) is 4.19. The number of hydrogen-bond acceptors (Lipinski definition) is 2. The highest BCUT2D eigenvalue weighted by molar-refractivity contribution is 9.10. The molecule has 0 bridgehead atoms. The van der Waals surface area contributed by atoms with Gasteiger partial charge in [-0.1, -0.05) is 28.1 Å². The van der Waals surface area contributed by atoms with Gasteiger partial charge in [0.1, 0.15) is 11.6 Å². The lowest BCUT2D eigenvalue weighted by Crippen LogP contribution is -2.13. The van der Waals surface area contributed by atoms with Crippen LogP contribution in [-0.4, -0.2) is 7.11 Å². The standard InChI is InChI=1S/C15H15BrFNO/c1-19-14-6-7-15(16)12(8-14)10-18-9-11-2-4-13(17)5-3-11/h2-8,18H,9-10H2,1H3. The molecule has 0 radical (unpaired) electrons. The molecule has 0 spiro atoms. The van der Waals surface area contributed by atoms with Gasteiger partial charge in [0.05, 0.1) is 7.11 Å². The van der Waals surface area contributed by atoms with Gasteiger partial charge in [0.2, 0.25) is 0 Å². The van der Waals surface area contributed by atoms with E-state index in [-0.39, 0.29) is 5.82 Å². The Kier molecular flexibility index (Phi) is 4.93. The minimum absolute atomic E-state index is 0.209. The van der Waals surface area contributed by atoms with Crippen molar-refractivity contribution >= 4 is 15.9 Å². The summed E-state index contributed by atoms with van der Waals surface area (Å²) < 4.78 is 19.0. The quantitative estimate of drug-likeness (QED) is 0.901. The van der Waals surface area contributed by atoms with Gasteiger partial charge >= 0.3 is 0 Å². The Labute approximate surface area is 120 Å². The summed E-state index contributed by atoms with van der Waals surface area (Å²) in [5, 5.41) is 3.32. The number of ether oxygens (including phenoxy) is 1. The lowest BCUT2D eigenvalue weighted by atomic mass is 10.2. The number of nitrogens with one attached hydrogen (secondary N) is 1. The molecule has 0 atom stereocenters. The molecule has 0 aliphatic heterocycles. The van der Waals surface area contributed by atoms with Gasteiger partial charge in [0.15, 0.2) is 0 Å². The molecular weight excluding hydrogens is 309 g/mol. The molecule has 2 aromatic rings. The van der Waals surface area contributed by atoms with Gasteiger partial charge in [-0.2, -0.15) is 0 Å². The van der Waals surface area contributed by atoms with Crippen molar-refractivity contribution in [1.29, 1.82) is 0 Å². The summed E-state index contributed by atoms with van der Waals surface area (Å²) in [7, 11) is 1.65. The highest BCUT2D eigenvalue weighted by atomic mass is 79.9. The summed E-state index contributed by atoms with van der Waals surface area (Å²) in [5.74, 6) is 0.626. The van der Waals surface area contributed by atoms with E-state index in [4.69, 9.17) is 4.74 Å². The van der Waals surface area contributed by atoms with Gasteiger partial charge in [-0.05, 0) is 41.5 Å².